The summed E-state index contributed by atoms with van der Waals surface area (Å²) in [5.41, 5.74) is 1.31. The number of fused-ring (bicyclic) bond motifs is 1. The van der Waals surface area contributed by atoms with Gasteiger partial charge in [0.1, 0.15) is 5.52 Å². The summed E-state index contributed by atoms with van der Waals surface area (Å²) >= 11 is 5.91. The van der Waals surface area contributed by atoms with Crippen LogP contribution in [0.5, 0.6) is 0 Å². The van der Waals surface area contributed by atoms with Crippen molar-refractivity contribution in [1.82, 2.24) is 9.88 Å². The standard InChI is InChI=1S/C15H18ClF2N3O/c1-9-6-15(17,18)8-21(2)12(9)7-19-14-20-11-5-10(16)3-4-13(11)22-14/h3-5,9,12H,6-8H2,1-2H3,(H,19,20). The third-order valence-electron chi connectivity index (χ3n) is 4.14. The summed E-state index contributed by atoms with van der Waals surface area (Å²) < 4.78 is 32.6. The molecule has 0 spiro atoms. The molecule has 2 atom stereocenters. The summed E-state index contributed by atoms with van der Waals surface area (Å²) in [6.07, 6.45) is -0.0904. The van der Waals surface area contributed by atoms with Crippen molar-refractivity contribution in [2.75, 3.05) is 25.5 Å². The minimum absolute atomic E-state index is 0.0122. The van der Waals surface area contributed by atoms with Crippen molar-refractivity contribution >= 4 is 28.7 Å². The van der Waals surface area contributed by atoms with Crippen LogP contribution in [-0.4, -0.2) is 42.0 Å². The number of piperidine rings is 1. The predicted octanol–water partition coefficient (Wildman–Crippen LogP) is 3.87. The van der Waals surface area contributed by atoms with Crippen molar-refractivity contribution in [1.29, 1.82) is 0 Å². The molecule has 1 N–H and O–H groups in total. The molecular formula is C15H18ClF2N3O. The number of alkyl halides is 2. The summed E-state index contributed by atoms with van der Waals surface area (Å²) in [7, 11) is 1.72. The first-order valence-electron chi connectivity index (χ1n) is 7.22. The molecule has 1 aliphatic rings. The zero-order valence-electron chi connectivity index (χ0n) is 12.4. The molecule has 22 heavy (non-hydrogen) atoms. The van der Waals surface area contributed by atoms with Gasteiger partial charge in [-0.3, -0.25) is 4.90 Å². The molecule has 1 saturated heterocycles. The number of hydrogen-bond acceptors (Lipinski definition) is 4. The Kier molecular flexibility index (Phi) is 3.99. The first kappa shape index (κ1) is 15.5. The normalized spacial score (nSPS) is 25.5. The monoisotopic (exact) mass is 329 g/mol. The highest BCUT2D eigenvalue weighted by atomic mass is 35.5. The second-order valence-electron chi connectivity index (χ2n) is 6.03. The quantitative estimate of drug-likeness (QED) is 0.928. The van der Waals surface area contributed by atoms with Crippen molar-refractivity contribution in [3.63, 3.8) is 0 Å². The van der Waals surface area contributed by atoms with Gasteiger partial charge in [-0.15, -0.1) is 0 Å². The molecular weight excluding hydrogens is 312 g/mol. The predicted molar refractivity (Wildman–Crippen MR) is 82.7 cm³/mol. The third-order valence-corrected chi connectivity index (χ3v) is 4.37. The fourth-order valence-corrected chi connectivity index (χ4v) is 3.28. The van der Waals surface area contributed by atoms with Gasteiger partial charge in [-0.2, -0.15) is 4.98 Å². The molecule has 0 amide bonds. The molecule has 1 aromatic carbocycles. The Labute approximate surface area is 132 Å². The molecule has 2 unspecified atom stereocenters. The minimum Gasteiger partial charge on any atom is -0.424 e. The number of hydrogen-bond donors (Lipinski definition) is 1. The molecule has 0 saturated carbocycles. The Morgan fingerprint density at radius 2 is 2.27 bits per heavy atom. The van der Waals surface area contributed by atoms with Crippen LogP contribution >= 0.6 is 11.6 Å². The van der Waals surface area contributed by atoms with Crippen LogP contribution < -0.4 is 5.32 Å². The number of nitrogens with zero attached hydrogens (tertiary/aromatic N) is 2. The zero-order chi connectivity index (χ0) is 15.9. The van der Waals surface area contributed by atoms with E-state index in [1.807, 2.05) is 6.92 Å². The fourth-order valence-electron chi connectivity index (χ4n) is 3.11. The summed E-state index contributed by atoms with van der Waals surface area (Å²) in [5.74, 6) is -2.72. The maximum absolute atomic E-state index is 13.5. The van der Waals surface area contributed by atoms with Gasteiger partial charge < -0.3 is 9.73 Å². The minimum atomic E-state index is -2.61. The van der Waals surface area contributed by atoms with Crippen molar-refractivity contribution in [3.05, 3.63) is 23.2 Å². The van der Waals surface area contributed by atoms with Gasteiger partial charge in [0.2, 0.25) is 0 Å². The molecule has 1 aromatic heterocycles. The van der Waals surface area contributed by atoms with Crippen LogP contribution in [0, 0.1) is 5.92 Å². The number of oxazole rings is 1. The highest BCUT2D eigenvalue weighted by Gasteiger charge is 2.42. The Bertz CT molecular complexity index is 662. The van der Waals surface area contributed by atoms with E-state index in [2.05, 4.69) is 10.3 Å². The maximum Gasteiger partial charge on any atom is 0.295 e. The van der Waals surface area contributed by atoms with E-state index in [1.165, 1.54) is 0 Å². The maximum atomic E-state index is 13.5. The van der Waals surface area contributed by atoms with Crippen LogP contribution in [0.3, 0.4) is 0 Å². The number of likely N-dealkylation sites (N-methyl/N-ethyl adjacent to an activating group) is 1. The van der Waals surface area contributed by atoms with E-state index in [0.29, 0.717) is 28.7 Å². The van der Waals surface area contributed by atoms with Crippen LogP contribution in [0.4, 0.5) is 14.8 Å². The number of nitrogens with one attached hydrogen (secondary N) is 1. The molecule has 2 heterocycles. The van der Waals surface area contributed by atoms with E-state index in [0.717, 1.165) is 0 Å². The lowest BCUT2D eigenvalue weighted by atomic mass is 9.89. The Hall–Kier alpha value is -1.40. The van der Waals surface area contributed by atoms with Gasteiger partial charge in [-0.25, -0.2) is 8.78 Å². The molecule has 0 radical (unpaired) electrons. The first-order valence-corrected chi connectivity index (χ1v) is 7.60. The van der Waals surface area contributed by atoms with E-state index in [9.17, 15) is 8.78 Å². The summed E-state index contributed by atoms with van der Waals surface area (Å²) in [5, 5.41) is 3.70. The topological polar surface area (TPSA) is 41.3 Å². The highest BCUT2D eigenvalue weighted by Crippen LogP contribution is 2.33. The van der Waals surface area contributed by atoms with Crippen LogP contribution in [0.2, 0.25) is 5.02 Å². The summed E-state index contributed by atoms with van der Waals surface area (Å²) in [4.78, 5) is 6.00. The van der Waals surface area contributed by atoms with Crippen LogP contribution in [-0.2, 0) is 0 Å². The number of rotatable bonds is 3. The van der Waals surface area contributed by atoms with Gasteiger partial charge >= 0.3 is 0 Å². The van der Waals surface area contributed by atoms with Crippen molar-refractivity contribution in [2.45, 2.75) is 25.3 Å². The van der Waals surface area contributed by atoms with Crippen LogP contribution in [0.1, 0.15) is 13.3 Å². The van der Waals surface area contributed by atoms with Crippen molar-refractivity contribution < 1.29 is 13.2 Å². The number of likely N-dealkylation sites (tertiary alicyclic amines) is 1. The van der Waals surface area contributed by atoms with Gasteiger partial charge in [-0.1, -0.05) is 18.5 Å². The molecule has 1 fully saturated rings. The zero-order valence-corrected chi connectivity index (χ0v) is 13.2. The number of aromatic nitrogens is 1. The van der Waals surface area contributed by atoms with Gasteiger partial charge in [0.25, 0.3) is 11.9 Å². The lowest BCUT2D eigenvalue weighted by Crippen LogP contribution is -2.53. The van der Waals surface area contributed by atoms with Gasteiger partial charge in [0.15, 0.2) is 5.58 Å². The molecule has 3 rings (SSSR count). The number of halogens is 3. The molecule has 4 nitrogen and oxygen atoms in total. The SMILES string of the molecule is CC1CC(F)(F)CN(C)C1CNc1nc2cc(Cl)ccc2o1. The fraction of sp³-hybridized carbons (Fsp3) is 0.533. The Balaban J connectivity index is 1.68. The Morgan fingerprint density at radius 3 is 3.00 bits per heavy atom. The van der Waals surface area contributed by atoms with Crippen molar-refractivity contribution in [3.8, 4) is 0 Å². The van der Waals surface area contributed by atoms with Gasteiger partial charge in [0.05, 0.1) is 6.54 Å². The second-order valence-corrected chi connectivity index (χ2v) is 6.47. The summed E-state index contributed by atoms with van der Waals surface area (Å²) in [6.45, 7) is 2.14. The lowest BCUT2D eigenvalue weighted by Gasteiger charge is -2.41. The number of anilines is 1. The van der Waals surface area contributed by atoms with Gasteiger partial charge in [-0.05, 0) is 31.2 Å². The van der Waals surface area contributed by atoms with Crippen LogP contribution in [0.15, 0.2) is 22.6 Å². The average Bonchev–Trinajstić information content (AvgIpc) is 2.78. The van der Waals surface area contributed by atoms with E-state index in [4.69, 9.17) is 16.0 Å². The summed E-state index contributed by atoms with van der Waals surface area (Å²) in [6, 6.07) is 5.61. The number of benzene rings is 1. The first-order chi connectivity index (χ1) is 10.3. The van der Waals surface area contributed by atoms with E-state index < -0.39 is 5.92 Å². The van der Waals surface area contributed by atoms with Crippen LogP contribution in [0.25, 0.3) is 11.1 Å². The second kappa shape index (κ2) is 5.66. The third kappa shape index (κ3) is 3.17. The highest BCUT2D eigenvalue weighted by molar-refractivity contribution is 6.31. The Morgan fingerprint density at radius 1 is 1.50 bits per heavy atom. The lowest BCUT2D eigenvalue weighted by molar-refractivity contribution is -0.0934. The average molecular weight is 330 g/mol. The van der Waals surface area contributed by atoms with E-state index in [-0.39, 0.29) is 24.9 Å². The molecule has 1 aliphatic heterocycles. The molecule has 0 aliphatic carbocycles. The largest absolute Gasteiger partial charge is 0.424 e. The van der Waals surface area contributed by atoms with E-state index in [1.54, 1.807) is 30.1 Å². The smallest absolute Gasteiger partial charge is 0.295 e. The van der Waals surface area contributed by atoms with E-state index >= 15 is 0 Å². The van der Waals surface area contributed by atoms with Crippen molar-refractivity contribution in [2.24, 2.45) is 5.92 Å². The molecule has 120 valence electrons. The van der Waals surface area contributed by atoms with Gasteiger partial charge in [0, 0.05) is 24.0 Å². The molecule has 7 heteroatoms. The molecule has 2 aromatic rings. The molecule has 0 bridgehead atoms.